The van der Waals surface area contributed by atoms with Crippen LogP contribution in [0.1, 0.15) is 21.5 Å². The van der Waals surface area contributed by atoms with Crippen molar-refractivity contribution in [1.29, 1.82) is 0 Å². The van der Waals surface area contributed by atoms with E-state index >= 15 is 0 Å². The first-order valence-electron chi connectivity index (χ1n) is 9.88. The summed E-state index contributed by atoms with van der Waals surface area (Å²) in [6.45, 7) is 7.01. The van der Waals surface area contributed by atoms with Gasteiger partial charge in [-0.25, -0.2) is 9.18 Å². The Bertz CT molecular complexity index is 1510. The number of aromatic nitrogens is 2. The number of nitrogens with zero attached hydrogens (tertiary/aromatic N) is 3. The van der Waals surface area contributed by atoms with E-state index in [9.17, 15) is 27.2 Å². The molecule has 0 fully saturated rings. The summed E-state index contributed by atoms with van der Waals surface area (Å²) in [5, 5.41) is 4.54. The number of fused-ring (bicyclic) bond motifs is 1. The molecule has 2 amide bonds. The van der Waals surface area contributed by atoms with Gasteiger partial charge in [0.2, 0.25) is 0 Å². The number of hydrogen-bond donors (Lipinski definition) is 2. The third-order valence-corrected chi connectivity index (χ3v) is 4.83. The highest BCUT2D eigenvalue weighted by Crippen LogP contribution is 2.30. The van der Waals surface area contributed by atoms with Crippen molar-refractivity contribution in [3.63, 3.8) is 0 Å². The minimum atomic E-state index is -4.57. The van der Waals surface area contributed by atoms with Crippen LogP contribution < -0.4 is 10.6 Å². The molecule has 4 rings (SSSR count). The van der Waals surface area contributed by atoms with Gasteiger partial charge in [0.1, 0.15) is 11.3 Å². The summed E-state index contributed by atoms with van der Waals surface area (Å²) >= 11 is 0. The first kappa shape index (κ1) is 23.3. The zero-order valence-electron chi connectivity index (χ0n) is 17.5. The third-order valence-electron chi connectivity index (χ3n) is 4.83. The molecule has 4 aromatic rings. The fraction of sp³-hybridized carbons (Fsp3) is 0.0417. The Morgan fingerprint density at radius 1 is 0.914 bits per heavy atom. The summed E-state index contributed by atoms with van der Waals surface area (Å²) in [5.74, 6) is -1.53. The molecule has 0 saturated carbocycles. The molecule has 35 heavy (non-hydrogen) atoms. The van der Waals surface area contributed by atoms with Crippen LogP contribution in [-0.4, -0.2) is 21.8 Å². The highest BCUT2D eigenvalue weighted by atomic mass is 19.4. The minimum Gasteiger partial charge on any atom is -0.359 e. The Morgan fingerprint density at radius 3 is 2.34 bits per heavy atom. The zero-order chi connectivity index (χ0) is 25.2. The molecule has 1 heterocycles. The second-order valence-electron chi connectivity index (χ2n) is 7.22. The monoisotopic (exact) mass is 479 g/mol. The topological polar surface area (TPSA) is 88.3 Å². The van der Waals surface area contributed by atoms with E-state index in [-0.39, 0.29) is 28.3 Å². The summed E-state index contributed by atoms with van der Waals surface area (Å²) in [6.07, 6.45) is -3.28. The predicted octanol–water partition coefficient (Wildman–Crippen LogP) is 6.21. The lowest BCUT2D eigenvalue weighted by atomic mass is 10.0. The molecule has 0 bridgehead atoms. The van der Waals surface area contributed by atoms with Crippen LogP contribution >= 0.6 is 0 Å². The summed E-state index contributed by atoms with van der Waals surface area (Å²) in [6, 6.07) is 10.9. The Kier molecular flexibility index (Phi) is 6.12. The van der Waals surface area contributed by atoms with E-state index in [0.717, 1.165) is 24.3 Å². The molecule has 0 unspecified atom stereocenters. The van der Waals surface area contributed by atoms with Crippen LogP contribution in [0, 0.1) is 12.4 Å². The second kappa shape index (κ2) is 9.18. The molecular formula is C24H13F4N5O2. The Morgan fingerprint density at radius 2 is 1.66 bits per heavy atom. The van der Waals surface area contributed by atoms with Gasteiger partial charge in [0.05, 0.1) is 17.3 Å². The highest BCUT2D eigenvalue weighted by molar-refractivity contribution is 6.10. The molecule has 0 aliphatic heterocycles. The Balaban J connectivity index is 1.50. The van der Waals surface area contributed by atoms with Crippen molar-refractivity contribution in [2.45, 2.75) is 6.18 Å². The quantitative estimate of drug-likeness (QED) is 0.207. The van der Waals surface area contributed by atoms with Crippen molar-refractivity contribution < 1.29 is 27.2 Å². The summed E-state index contributed by atoms with van der Waals surface area (Å²) in [4.78, 5) is 36.3. The lowest BCUT2D eigenvalue weighted by Crippen LogP contribution is -2.20. The van der Waals surface area contributed by atoms with Gasteiger partial charge in [0, 0.05) is 23.0 Å². The van der Waals surface area contributed by atoms with Gasteiger partial charge < -0.3 is 15.5 Å². The Labute approximate surface area is 195 Å². The minimum absolute atomic E-state index is 0.0189. The number of nitrogens with one attached hydrogen (secondary N) is 2. The average Bonchev–Trinajstić information content (AvgIpc) is 2.82. The first-order chi connectivity index (χ1) is 16.6. The van der Waals surface area contributed by atoms with Crippen LogP contribution in [0.15, 0.2) is 66.9 Å². The SMILES string of the molecule is [C-]#[N+]c1cnc2ccc(C(=O)c3ccc(NC(=O)Nc4cccc(C(F)(F)F)c4)cc3F)cc2n1. The fourth-order valence-corrected chi connectivity index (χ4v) is 3.20. The largest absolute Gasteiger partial charge is 0.416 e. The lowest BCUT2D eigenvalue weighted by Gasteiger charge is -2.11. The van der Waals surface area contributed by atoms with Gasteiger partial charge in [-0.2, -0.15) is 13.2 Å². The number of hydrogen-bond acceptors (Lipinski definition) is 4. The molecule has 3 aromatic carbocycles. The number of ketones is 1. The van der Waals surface area contributed by atoms with Gasteiger partial charge in [-0.05, 0) is 48.5 Å². The first-order valence-corrected chi connectivity index (χ1v) is 9.88. The molecule has 2 N–H and O–H groups in total. The van der Waals surface area contributed by atoms with Gasteiger partial charge in [0.15, 0.2) is 11.3 Å². The van der Waals surface area contributed by atoms with E-state index in [4.69, 9.17) is 6.57 Å². The van der Waals surface area contributed by atoms with Crippen LogP contribution in [0.4, 0.5) is 39.5 Å². The van der Waals surface area contributed by atoms with Crippen molar-refractivity contribution in [2.75, 3.05) is 10.6 Å². The molecule has 174 valence electrons. The molecule has 0 aliphatic rings. The number of anilines is 2. The van der Waals surface area contributed by atoms with Gasteiger partial charge >= 0.3 is 12.2 Å². The van der Waals surface area contributed by atoms with E-state index in [1.165, 1.54) is 42.6 Å². The number of carbonyl (C=O) groups is 2. The van der Waals surface area contributed by atoms with E-state index in [2.05, 4.69) is 25.4 Å². The van der Waals surface area contributed by atoms with Crippen molar-refractivity contribution in [3.05, 3.63) is 101 Å². The lowest BCUT2D eigenvalue weighted by molar-refractivity contribution is -0.137. The number of halogens is 4. The molecule has 0 atom stereocenters. The zero-order valence-corrected chi connectivity index (χ0v) is 17.5. The van der Waals surface area contributed by atoms with Gasteiger partial charge in [-0.3, -0.25) is 9.78 Å². The van der Waals surface area contributed by atoms with Crippen LogP contribution in [0.25, 0.3) is 15.9 Å². The van der Waals surface area contributed by atoms with Crippen LogP contribution in [0.5, 0.6) is 0 Å². The predicted molar refractivity (Wildman–Crippen MR) is 120 cm³/mol. The molecule has 7 nitrogen and oxygen atoms in total. The standard InChI is InChI=1S/C24H13F4N5O2/c1-29-21-12-30-19-8-5-13(9-20(19)33-21)22(34)17-7-6-16(11-18(17)25)32-23(35)31-15-4-2-3-14(10-15)24(26,27)28/h2-12H,(H2,31,32,35). The van der Waals surface area contributed by atoms with Gasteiger partial charge in [0.25, 0.3) is 5.82 Å². The van der Waals surface area contributed by atoms with Crippen molar-refractivity contribution in [3.8, 4) is 0 Å². The molecule has 0 saturated heterocycles. The average molecular weight is 479 g/mol. The third kappa shape index (κ3) is 5.22. The number of alkyl halides is 3. The second-order valence-corrected chi connectivity index (χ2v) is 7.22. The molecular weight excluding hydrogens is 466 g/mol. The number of amides is 2. The molecule has 0 radical (unpaired) electrons. The van der Waals surface area contributed by atoms with E-state index in [1.54, 1.807) is 0 Å². The highest BCUT2D eigenvalue weighted by Gasteiger charge is 2.30. The Hall–Kier alpha value is -4.85. The van der Waals surface area contributed by atoms with Crippen LogP contribution in [0.2, 0.25) is 0 Å². The van der Waals surface area contributed by atoms with Crippen LogP contribution in [0.3, 0.4) is 0 Å². The van der Waals surface area contributed by atoms with E-state index in [0.29, 0.717) is 11.0 Å². The van der Waals surface area contributed by atoms with Gasteiger partial charge in [-0.1, -0.05) is 12.6 Å². The number of urea groups is 1. The van der Waals surface area contributed by atoms with E-state index < -0.39 is 29.4 Å². The molecule has 0 spiro atoms. The molecule has 1 aromatic heterocycles. The number of rotatable bonds is 4. The van der Waals surface area contributed by atoms with Crippen LogP contribution in [-0.2, 0) is 6.18 Å². The number of benzene rings is 3. The smallest absolute Gasteiger partial charge is 0.359 e. The van der Waals surface area contributed by atoms with Crippen molar-refractivity contribution in [1.82, 2.24) is 9.97 Å². The summed E-state index contributed by atoms with van der Waals surface area (Å²) < 4.78 is 53.1. The maximum absolute atomic E-state index is 14.7. The van der Waals surface area contributed by atoms with E-state index in [1.807, 2.05) is 0 Å². The molecule has 11 heteroatoms. The maximum atomic E-state index is 14.7. The van der Waals surface area contributed by atoms with Crippen molar-refractivity contribution in [2.24, 2.45) is 0 Å². The number of carbonyl (C=O) groups excluding carboxylic acids is 2. The summed E-state index contributed by atoms with van der Waals surface area (Å²) in [5.41, 5.74) is -0.456. The van der Waals surface area contributed by atoms with Gasteiger partial charge in [-0.15, -0.1) is 4.98 Å². The normalized spacial score (nSPS) is 11.1. The molecule has 0 aliphatic carbocycles. The summed E-state index contributed by atoms with van der Waals surface area (Å²) in [7, 11) is 0. The van der Waals surface area contributed by atoms with Crippen molar-refractivity contribution >= 4 is 40.0 Å². The fourth-order valence-electron chi connectivity index (χ4n) is 3.20. The maximum Gasteiger partial charge on any atom is 0.416 e.